The van der Waals surface area contributed by atoms with E-state index in [0.29, 0.717) is 0 Å². The highest BCUT2D eigenvalue weighted by Crippen LogP contribution is 2.31. The molecule has 1 heterocycles. The maximum absolute atomic E-state index is 3.65. The number of nitrogens with one attached hydrogen (secondary N) is 1. The maximum atomic E-state index is 3.65. The molecule has 1 aliphatic carbocycles. The van der Waals surface area contributed by atoms with Crippen molar-refractivity contribution >= 4 is 0 Å². The standard InChI is InChI=1S/C14H28N2/c1-4-15-14-9-10-16(12(3)11(14)2)13-7-5-6-8-13/h11-15H,4-10H2,1-3H3. The Hall–Kier alpha value is -0.0800. The van der Waals surface area contributed by atoms with Crippen LogP contribution in [-0.4, -0.2) is 36.1 Å². The van der Waals surface area contributed by atoms with E-state index in [1.807, 2.05) is 0 Å². The predicted octanol–water partition coefficient (Wildman–Crippen LogP) is 2.64. The Morgan fingerprint density at radius 3 is 2.44 bits per heavy atom. The molecule has 0 aromatic carbocycles. The van der Waals surface area contributed by atoms with E-state index in [1.54, 1.807) is 0 Å². The van der Waals surface area contributed by atoms with Crippen molar-refractivity contribution in [1.29, 1.82) is 0 Å². The molecule has 1 N–H and O–H groups in total. The van der Waals surface area contributed by atoms with Gasteiger partial charge in [0.05, 0.1) is 0 Å². The lowest BCUT2D eigenvalue weighted by molar-refractivity contribution is 0.0492. The number of nitrogens with zero attached hydrogens (tertiary/aromatic N) is 1. The van der Waals surface area contributed by atoms with E-state index in [4.69, 9.17) is 0 Å². The van der Waals surface area contributed by atoms with Gasteiger partial charge in [0.2, 0.25) is 0 Å². The molecule has 16 heavy (non-hydrogen) atoms. The van der Waals surface area contributed by atoms with Crippen molar-refractivity contribution < 1.29 is 0 Å². The van der Waals surface area contributed by atoms with Crippen molar-refractivity contribution in [1.82, 2.24) is 10.2 Å². The first-order valence-corrected chi connectivity index (χ1v) is 7.23. The first-order chi connectivity index (χ1) is 7.74. The van der Waals surface area contributed by atoms with Crippen LogP contribution in [0.4, 0.5) is 0 Å². The molecule has 2 rings (SSSR count). The van der Waals surface area contributed by atoms with Crippen LogP contribution in [0.15, 0.2) is 0 Å². The Morgan fingerprint density at radius 1 is 1.12 bits per heavy atom. The Bertz CT molecular complexity index is 211. The lowest BCUT2D eigenvalue weighted by Gasteiger charge is -2.46. The Kier molecular flexibility index (Phi) is 4.26. The summed E-state index contributed by atoms with van der Waals surface area (Å²) in [6, 6.07) is 2.42. The molecule has 0 bridgehead atoms. The zero-order chi connectivity index (χ0) is 11.5. The van der Waals surface area contributed by atoms with Gasteiger partial charge < -0.3 is 5.32 Å². The van der Waals surface area contributed by atoms with Gasteiger partial charge in [-0.2, -0.15) is 0 Å². The van der Waals surface area contributed by atoms with Gasteiger partial charge in [0.15, 0.2) is 0 Å². The minimum atomic E-state index is 0.748. The molecule has 3 atom stereocenters. The maximum Gasteiger partial charge on any atom is 0.0120 e. The summed E-state index contributed by atoms with van der Waals surface area (Å²) in [5.74, 6) is 0.800. The molecule has 0 radical (unpaired) electrons. The van der Waals surface area contributed by atoms with Gasteiger partial charge in [-0.15, -0.1) is 0 Å². The van der Waals surface area contributed by atoms with Crippen LogP contribution >= 0.6 is 0 Å². The summed E-state index contributed by atoms with van der Waals surface area (Å²) in [6.07, 6.45) is 7.15. The summed E-state index contributed by atoms with van der Waals surface area (Å²) in [6.45, 7) is 9.52. The Labute approximate surface area is 101 Å². The molecule has 2 aliphatic rings. The van der Waals surface area contributed by atoms with E-state index in [2.05, 4.69) is 31.0 Å². The second-order valence-corrected chi connectivity index (χ2v) is 5.73. The quantitative estimate of drug-likeness (QED) is 0.793. The molecule has 0 spiro atoms. The number of hydrogen-bond acceptors (Lipinski definition) is 2. The zero-order valence-electron chi connectivity index (χ0n) is 11.2. The average molecular weight is 224 g/mol. The molecular weight excluding hydrogens is 196 g/mol. The topological polar surface area (TPSA) is 15.3 Å². The summed E-state index contributed by atoms with van der Waals surface area (Å²) in [4.78, 5) is 2.80. The summed E-state index contributed by atoms with van der Waals surface area (Å²) in [5.41, 5.74) is 0. The first-order valence-electron chi connectivity index (χ1n) is 7.23. The second kappa shape index (κ2) is 5.50. The van der Waals surface area contributed by atoms with E-state index < -0.39 is 0 Å². The van der Waals surface area contributed by atoms with Crippen LogP contribution in [0.5, 0.6) is 0 Å². The van der Waals surface area contributed by atoms with E-state index in [-0.39, 0.29) is 0 Å². The average Bonchev–Trinajstić information content (AvgIpc) is 2.79. The minimum absolute atomic E-state index is 0.748. The molecule has 0 aromatic rings. The third-order valence-corrected chi connectivity index (χ3v) is 4.88. The molecule has 3 unspecified atom stereocenters. The largest absolute Gasteiger partial charge is 0.314 e. The highest BCUT2D eigenvalue weighted by molar-refractivity contribution is 4.92. The fourth-order valence-corrected chi connectivity index (χ4v) is 3.69. The highest BCUT2D eigenvalue weighted by atomic mass is 15.2. The number of rotatable bonds is 3. The lowest BCUT2D eigenvalue weighted by Crippen LogP contribution is -2.55. The van der Waals surface area contributed by atoms with Crippen LogP contribution in [0.1, 0.15) is 52.9 Å². The summed E-state index contributed by atoms with van der Waals surface area (Å²) in [7, 11) is 0. The van der Waals surface area contributed by atoms with Gasteiger partial charge in [-0.05, 0) is 38.6 Å². The van der Waals surface area contributed by atoms with Crippen LogP contribution in [0.2, 0.25) is 0 Å². The SMILES string of the molecule is CCNC1CCN(C2CCCC2)C(C)C1C. The van der Waals surface area contributed by atoms with Crippen LogP contribution in [0.25, 0.3) is 0 Å². The summed E-state index contributed by atoms with van der Waals surface area (Å²) >= 11 is 0. The van der Waals surface area contributed by atoms with Crippen LogP contribution < -0.4 is 5.32 Å². The van der Waals surface area contributed by atoms with Crippen LogP contribution in [0, 0.1) is 5.92 Å². The fourth-order valence-electron chi connectivity index (χ4n) is 3.69. The molecule has 0 amide bonds. The van der Waals surface area contributed by atoms with E-state index in [0.717, 1.165) is 30.6 Å². The smallest absolute Gasteiger partial charge is 0.0120 e. The number of likely N-dealkylation sites (tertiary alicyclic amines) is 1. The van der Waals surface area contributed by atoms with Crippen molar-refractivity contribution in [3.8, 4) is 0 Å². The number of piperidine rings is 1. The van der Waals surface area contributed by atoms with Crippen molar-refractivity contribution in [3.05, 3.63) is 0 Å². The molecule has 1 aliphatic heterocycles. The summed E-state index contributed by atoms with van der Waals surface area (Å²) in [5, 5.41) is 3.65. The van der Waals surface area contributed by atoms with Crippen LogP contribution in [-0.2, 0) is 0 Å². The fraction of sp³-hybridized carbons (Fsp3) is 1.00. The van der Waals surface area contributed by atoms with Gasteiger partial charge in [0.25, 0.3) is 0 Å². The van der Waals surface area contributed by atoms with E-state index >= 15 is 0 Å². The third-order valence-electron chi connectivity index (χ3n) is 4.88. The number of hydrogen-bond donors (Lipinski definition) is 1. The Morgan fingerprint density at radius 2 is 1.81 bits per heavy atom. The van der Waals surface area contributed by atoms with E-state index in [1.165, 1.54) is 38.6 Å². The summed E-state index contributed by atoms with van der Waals surface area (Å²) < 4.78 is 0. The van der Waals surface area contributed by atoms with Crippen LogP contribution in [0.3, 0.4) is 0 Å². The molecular formula is C14H28N2. The van der Waals surface area contributed by atoms with Crippen molar-refractivity contribution in [2.75, 3.05) is 13.1 Å². The lowest BCUT2D eigenvalue weighted by atomic mass is 9.86. The molecule has 2 heteroatoms. The molecule has 2 nitrogen and oxygen atoms in total. The predicted molar refractivity (Wildman–Crippen MR) is 69.7 cm³/mol. The van der Waals surface area contributed by atoms with Crippen molar-refractivity contribution in [2.24, 2.45) is 5.92 Å². The third kappa shape index (κ3) is 2.43. The van der Waals surface area contributed by atoms with Gasteiger partial charge in [-0.3, -0.25) is 4.90 Å². The van der Waals surface area contributed by atoms with Gasteiger partial charge in [-0.1, -0.05) is 26.7 Å². The second-order valence-electron chi connectivity index (χ2n) is 5.73. The zero-order valence-corrected chi connectivity index (χ0v) is 11.2. The van der Waals surface area contributed by atoms with Gasteiger partial charge >= 0.3 is 0 Å². The normalized spacial score (nSPS) is 38.1. The van der Waals surface area contributed by atoms with Gasteiger partial charge in [0.1, 0.15) is 0 Å². The Balaban J connectivity index is 1.93. The van der Waals surface area contributed by atoms with E-state index in [9.17, 15) is 0 Å². The molecule has 94 valence electrons. The minimum Gasteiger partial charge on any atom is -0.314 e. The van der Waals surface area contributed by atoms with Crippen molar-refractivity contribution in [2.45, 2.75) is 71.0 Å². The molecule has 2 fully saturated rings. The van der Waals surface area contributed by atoms with Gasteiger partial charge in [-0.25, -0.2) is 0 Å². The highest BCUT2D eigenvalue weighted by Gasteiger charge is 2.36. The van der Waals surface area contributed by atoms with Crippen molar-refractivity contribution in [3.63, 3.8) is 0 Å². The molecule has 0 aromatic heterocycles. The van der Waals surface area contributed by atoms with Gasteiger partial charge in [0, 0.05) is 24.7 Å². The molecule has 1 saturated heterocycles. The molecule has 1 saturated carbocycles. The first kappa shape index (κ1) is 12.4. The monoisotopic (exact) mass is 224 g/mol.